The highest BCUT2D eigenvalue weighted by Gasteiger charge is 2.07. The number of aryl methyl sites for hydroxylation is 2. The predicted octanol–water partition coefficient (Wildman–Crippen LogP) is 2.69. The lowest BCUT2D eigenvalue weighted by molar-refractivity contribution is -0.130. The summed E-state index contributed by atoms with van der Waals surface area (Å²) in [7, 11) is 3.35. The van der Waals surface area contributed by atoms with Crippen molar-refractivity contribution in [3.8, 4) is 11.5 Å². The maximum absolute atomic E-state index is 12.0. The van der Waals surface area contributed by atoms with Crippen LogP contribution < -0.4 is 14.9 Å². The highest BCUT2D eigenvalue weighted by Crippen LogP contribution is 2.18. The number of hydrazone groups is 1. The molecule has 2 amide bonds. The summed E-state index contributed by atoms with van der Waals surface area (Å²) in [6.07, 6.45) is 0. The van der Waals surface area contributed by atoms with Crippen molar-refractivity contribution >= 4 is 17.5 Å². The maximum atomic E-state index is 12.0. The molecule has 0 aliphatic rings. The lowest BCUT2D eigenvalue weighted by Gasteiger charge is -2.11. The number of benzene rings is 2. The Morgan fingerprint density at radius 3 is 2.34 bits per heavy atom. The third-order valence-corrected chi connectivity index (χ3v) is 4.18. The first-order chi connectivity index (χ1) is 13.8. The van der Waals surface area contributed by atoms with Gasteiger partial charge in [0.2, 0.25) is 0 Å². The molecule has 0 aliphatic carbocycles. The van der Waals surface area contributed by atoms with Crippen molar-refractivity contribution in [3.63, 3.8) is 0 Å². The molecule has 7 nitrogen and oxygen atoms in total. The largest absolute Gasteiger partial charge is 0.484 e. The monoisotopic (exact) mass is 397 g/mol. The molecule has 2 aromatic rings. The SMILES string of the molecule is C/C(=N/NC(=O)COc1cc(C)ccc1C)c1ccc(OCC(=O)N(C)C)cc1. The average Bonchev–Trinajstić information content (AvgIpc) is 2.71. The Bertz CT molecular complexity index is 889. The summed E-state index contributed by atoms with van der Waals surface area (Å²) in [5.74, 6) is 0.817. The fourth-order valence-electron chi connectivity index (χ4n) is 2.32. The van der Waals surface area contributed by atoms with E-state index in [1.807, 2.05) is 44.2 Å². The van der Waals surface area contributed by atoms with Crippen LogP contribution in [0.25, 0.3) is 0 Å². The Kier molecular flexibility index (Phi) is 7.77. The van der Waals surface area contributed by atoms with E-state index in [9.17, 15) is 9.59 Å². The molecule has 0 aromatic heterocycles. The second-order valence-electron chi connectivity index (χ2n) is 6.89. The minimum atomic E-state index is -0.340. The lowest BCUT2D eigenvalue weighted by Crippen LogP contribution is -2.27. The van der Waals surface area contributed by atoms with Gasteiger partial charge in [-0.2, -0.15) is 5.10 Å². The second kappa shape index (κ2) is 10.3. The van der Waals surface area contributed by atoms with Crippen LogP contribution >= 0.6 is 0 Å². The molecule has 2 rings (SSSR count). The number of carbonyl (C=O) groups excluding carboxylic acids is 2. The Hall–Kier alpha value is -3.35. The normalized spacial score (nSPS) is 11.0. The van der Waals surface area contributed by atoms with E-state index in [2.05, 4.69) is 10.5 Å². The van der Waals surface area contributed by atoms with E-state index in [-0.39, 0.29) is 25.0 Å². The van der Waals surface area contributed by atoms with E-state index in [1.54, 1.807) is 33.2 Å². The first kappa shape index (κ1) is 21.9. The van der Waals surface area contributed by atoms with Gasteiger partial charge in [-0.1, -0.05) is 12.1 Å². The van der Waals surface area contributed by atoms with E-state index >= 15 is 0 Å². The number of hydrogen-bond acceptors (Lipinski definition) is 5. The number of likely N-dealkylation sites (N-methyl/N-ethyl adjacent to an activating group) is 1. The van der Waals surface area contributed by atoms with E-state index in [0.29, 0.717) is 17.2 Å². The third-order valence-electron chi connectivity index (χ3n) is 4.18. The molecule has 0 saturated heterocycles. The number of nitrogens with one attached hydrogen (secondary N) is 1. The first-order valence-corrected chi connectivity index (χ1v) is 9.23. The molecular formula is C22H27N3O4. The molecule has 1 N–H and O–H groups in total. The van der Waals surface area contributed by atoms with Crippen molar-refractivity contribution in [2.24, 2.45) is 5.10 Å². The van der Waals surface area contributed by atoms with Crippen molar-refractivity contribution in [2.75, 3.05) is 27.3 Å². The van der Waals surface area contributed by atoms with Crippen LogP contribution in [0.5, 0.6) is 11.5 Å². The molecule has 0 saturated carbocycles. The summed E-state index contributed by atoms with van der Waals surface area (Å²) in [6, 6.07) is 13.0. The molecule has 0 bridgehead atoms. The van der Waals surface area contributed by atoms with E-state index in [0.717, 1.165) is 16.7 Å². The highest BCUT2D eigenvalue weighted by atomic mass is 16.5. The summed E-state index contributed by atoms with van der Waals surface area (Å²) in [4.78, 5) is 25.0. The average molecular weight is 397 g/mol. The van der Waals surface area contributed by atoms with Gasteiger partial charge in [-0.3, -0.25) is 9.59 Å². The van der Waals surface area contributed by atoms with Crippen molar-refractivity contribution in [3.05, 3.63) is 59.2 Å². The lowest BCUT2D eigenvalue weighted by atomic mass is 10.1. The summed E-state index contributed by atoms with van der Waals surface area (Å²) in [5, 5.41) is 4.11. The minimum Gasteiger partial charge on any atom is -0.484 e. The Morgan fingerprint density at radius 1 is 1.00 bits per heavy atom. The smallest absolute Gasteiger partial charge is 0.277 e. The molecular weight excluding hydrogens is 370 g/mol. The molecule has 0 unspecified atom stereocenters. The maximum Gasteiger partial charge on any atom is 0.277 e. The second-order valence-corrected chi connectivity index (χ2v) is 6.89. The van der Waals surface area contributed by atoms with Crippen LogP contribution in [0.3, 0.4) is 0 Å². The van der Waals surface area contributed by atoms with Gasteiger partial charge in [0.15, 0.2) is 13.2 Å². The zero-order valence-corrected chi connectivity index (χ0v) is 17.5. The van der Waals surface area contributed by atoms with Crippen LogP contribution in [0.2, 0.25) is 0 Å². The molecule has 29 heavy (non-hydrogen) atoms. The molecule has 0 atom stereocenters. The van der Waals surface area contributed by atoms with Gasteiger partial charge in [-0.25, -0.2) is 5.43 Å². The van der Waals surface area contributed by atoms with Crippen LogP contribution in [-0.2, 0) is 9.59 Å². The molecule has 0 fully saturated rings. The first-order valence-electron chi connectivity index (χ1n) is 9.23. The number of rotatable bonds is 8. The van der Waals surface area contributed by atoms with Crippen LogP contribution in [0.4, 0.5) is 0 Å². The van der Waals surface area contributed by atoms with E-state index in [4.69, 9.17) is 9.47 Å². The van der Waals surface area contributed by atoms with Crippen LogP contribution in [0, 0.1) is 13.8 Å². The summed E-state index contributed by atoms with van der Waals surface area (Å²) < 4.78 is 11.0. The topological polar surface area (TPSA) is 80.2 Å². The zero-order chi connectivity index (χ0) is 21.4. The Morgan fingerprint density at radius 2 is 1.69 bits per heavy atom. The molecule has 154 valence electrons. The van der Waals surface area contributed by atoms with Gasteiger partial charge in [0.05, 0.1) is 5.71 Å². The zero-order valence-electron chi connectivity index (χ0n) is 17.5. The summed E-state index contributed by atoms with van der Waals surface area (Å²) in [5.41, 5.74) is 6.00. The van der Waals surface area contributed by atoms with Crippen molar-refractivity contribution in [1.29, 1.82) is 0 Å². The van der Waals surface area contributed by atoms with Crippen LogP contribution in [0.15, 0.2) is 47.6 Å². The number of carbonyl (C=O) groups is 2. The molecule has 0 heterocycles. The molecule has 0 aliphatic heterocycles. The Labute approximate surface area is 171 Å². The van der Waals surface area contributed by atoms with Gasteiger partial charge < -0.3 is 14.4 Å². The van der Waals surface area contributed by atoms with Crippen molar-refractivity contribution in [1.82, 2.24) is 10.3 Å². The number of amides is 2. The third kappa shape index (κ3) is 6.95. The fourth-order valence-corrected chi connectivity index (χ4v) is 2.32. The van der Waals surface area contributed by atoms with Crippen LogP contribution in [-0.4, -0.2) is 49.7 Å². The Balaban J connectivity index is 1.86. The summed E-state index contributed by atoms with van der Waals surface area (Å²) >= 11 is 0. The number of ether oxygens (including phenoxy) is 2. The van der Waals surface area contributed by atoms with Crippen molar-refractivity contribution < 1.29 is 19.1 Å². The van der Waals surface area contributed by atoms with E-state index < -0.39 is 0 Å². The van der Waals surface area contributed by atoms with Gasteiger partial charge in [0.25, 0.3) is 11.8 Å². The standard InChI is InChI=1S/C22H27N3O4/c1-15-6-7-16(2)20(12-15)29-13-21(26)24-23-17(3)18-8-10-19(11-9-18)28-14-22(27)25(4)5/h6-12H,13-14H2,1-5H3,(H,24,26)/b23-17-. The quantitative estimate of drug-likeness (QED) is 0.549. The summed E-state index contributed by atoms with van der Waals surface area (Å²) in [6.45, 7) is 5.55. The van der Waals surface area contributed by atoms with Gasteiger partial charge in [0.1, 0.15) is 11.5 Å². The molecule has 0 radical (unpaired) electrons. The number of hydrogen-bond donors (Lipinski definition) is 1. The fraction of sp³-hybridized carbons (Fsp3) is 0.318. The molecule has 2 aromatic carbocycles. The van der Waals surface area contributed by atoms with Crippen LogP contribution in [0.1, 0.15) is 23.6 Å². The van der Waals surface area contributed by atoms with Gasteiger partial charge in [-0.15, -0.1) is 0 Å². The van der Waals surface area contributed by atoms with Crippen molar-refractivity contribution in [2.45, 2.75) is 20.8 Å². The van der Waals surface area contributed by atoms with Gasteiger partial charge in [-0.05, 0) is 67.8 Å². The van der Waals surface area contributed by atoms with E-state index in [1.165, 1.54) is 4.90 Å². The predicted molar refractivity (Wildman–Crippen MR) is 112 cm³/mol. The van der Waals surface area contributed by atoms with Gasteiger partial charge in [0, 0.05) is 14.1 Å². The molecule has 0 spiro atoms. The minimum absolute atomic E-state index is 0.0180. The molecule has 7 heteroatoms. The number of nitrogens with zero attached hydrogens (tertiary/aromatic N) is 2. The van der Waals surface area contributed by atoms with Gasteiger partial charge >= 0.3 is 0 Å². The highest BCUT2D eigenvalue weighted by molar-refractivity contribution is 5.99.